The fourth-order valence-corrected chi connectivity index (χ4v) is 13.7. The zero-order valence-electron chi connectivity index (χ0n) is 95.9. The van der Waals surface area contributed by atoms with E-state index in [2.05, 4.69) is 256 Å². The van der Waals surface area contributed by atoms with E-state index in [1.54, 1.807) is 64.8 Å². The molecule has 0 radical (unpaired) electrons. The fourth-order valence-electron chi connectivity index (χ4n) is 13.7. The molecular formula is C111H182. The molecule has 9 rings (SSSR count). The molecule has 0 aromatic heterocycles. The van der Waals surface area contributed by atoms with Crippen LogP contribution in [-0.2, 0) is 18.3 Å². The quantitative estimate of drug-likeness (QED) is 0.121. The van der Waals surface area contributed by atoms with Gasteiger partial charge in [-0.3, -0.25) is 0 Å². The normalized spacial score (nSPS) is 18.6. The fraction of sp³-hybridized carbons (Fsp3) is 0.622. The van der Waals surface area contributed by atoms with Gasteiger partial charge in [0.25, 0.3) is 0 Å². The molecule has 7 aromatic carbocycles. The van der Waals surface area contributed by atoms with E-state index in [1.807, 2.05) is 68.4 Å². The van der Waals surface area contributed by atoms with Gasteiger partial charge < -0.3 is 0 Å². The molecule has 0 aliphatic heterocycles. The SMILES string of the molecule is CC.CC.CC(C)(C)C.Cc1ccc(C2CCC(C)(C)CC2)cc1.Cc1ccc(C2CCC(C)(C)CC2)cc1C.Cc1ccc(CC(C)(C)C)cc1.Cc1ccc(CC(C)(C)C)cc1C.[2H]C(C)(C)c1cc(C(C)(C)C)cc(C([2H])(C)C)c1C.[2H]C(C)(C)c1cc(C([2H])(C)C([2H])([2H])[2H])c(C)c(C([2H])(C)C([2H])([2H])[2H])c1.[2H]C(C)(C)c1cccc(C([2H])(C)C([2H])([2H])[2H])c1C. The summed E-state index contributed by atoms with van der Waals surface area (Å²) in [7, 11) is 0. The first-order valence-corrected chi connectivity index (χ1v) is 42.5. The van der Waals surface area contributed by atoms with Crippen molar-refractivity contribution in [1.82, 2.24) is 0 Å². The summed E-state index contributed by atoms with van der Waals surface area (Å²) in [6.45, 7) is 75.6. The lowest BCUT2D eigenvalue weighted by Gasteiger charge is -2.34. The third-order valence-electron chi connectivity index (χ3n) is 20.8. The van der Waals surface area contributed by atoms with Crippen LogP contribution in [0.2, 0.25) is 0 Å². The van der Waals surface area contributed by atoms with E-state index in [0.29, 0.717) is 43.8 Å². The molecule has 2 aliphatic rings. The monoisotopic (exact) mass is 1530 g/mol. The maximum atomic E-state index is 8.39. The van der Waals surface area contributed by atoms with E-state index >= 15 is 0 Å². The van der Waals surface area contributed by atoms with Crippen molar-refractivity contribution < 1.29 is 21.9 Å². The second-order valence-corrected chi connectivity index (χ2v) is 39.5. The van der Waals surface area contributed by atoms with Gasteiger partial charge in [0.1, 0.15) is 0 Å². The van der Waals surface area contributed by atoms with Gasteiger partial charge in [0.05, 0.1) is 0 Å². The highest BCUT2D eigenvalue weighted by molar-refractivity contribution is 5.45. The predicted octanol–water partition coefficient (Wildman–Crippen LogP) is 36.4. The first kappa shape index (κ1) is 79.4. The summed E-state index contributed by atoms with van der Waals surface area (Å²) in [6, 6.07) is 44.2. The Hall–Kier alpha value is -5.46. The molecule has 0 spiro atoms. The Morgan fingerprint density at radius 2 is 0.640 bits per heavy atom. The van der Waals surface area contributed by atoms with Crippen LogP contribution in [0.1, 0.15) is 485 Å². The molecule has 0 bridgehead atoms. The number of hydrogen-bond acceptors (Lipinski definition) is 0. The minimum atomic E-state index is -2.64. The van der Waals surface area contributed by atoms with E-state index in [4.69, 9.17) is 21.9 Å². The lowest BCUT2D eigenvalue weighted by atomic mass is 9.71. The van der Waals surface area contributed by atoms with Gasteiger partial charge in [0.15, 0.2) is 0 Å². The summed E-state index contributed by atoms with van der Waals surface area (Å²) in [5, 5.41) is 0. The molecule has 0 N–H and O–H groups in total. The molecule has 626 valence electrons. The van der Waals surface area contributed by atoms with Crippen molar-refractivity contribution >= 4 is 0 Å². The third kappa shape index (κ3) is 41.6. The van der Waals surface area contributed by atoms with Crippen LogP contribution in [0.4, 0.5) is 0 Å². The van der Waals surface area contributed by atoms with E-state index in [-0.39, 0.29) is 16.5 Å². The van der Waals surface area contributed by atoms with E-state index < -0.39 is 61.8 Å². The second kappa shape index (κ2) is 48.8. The van der Waals surface area contributed by atoms with Gasteiger partial charge in [-0.25, -0.2) is 0 Å². The predicted molar refractivity (Wildman–Crippen MR) is 509 cm³/mol. The first-order valence-electron chi connectivity index (χ1n) is 50.5. The van der Waals surface area contributed by atoms with Gasteiger partial charge in [-0.2, -0.15) is 0 Å². The lowest BCUT2D eigenvalue weighted by molar-refractivity contribution is 0.224. The molecule has 0 saturated heterocycles. The number of rotatable bonds is 11. The van der Waals surface area contributed by atoms with Crippen LogP contribution in [0.15, 0.2) is 127 Å². The van der Waals surface area contributed by atoms with Crippen LogP contribution in [-0.4, -0.2) is 0 Å². The second-order valence-electron chi connectivity index (χ2n) is 39.5. The van der Waals surface area contributed by atoms with Crippen LogP contribution >= 0.6 is 0 Å². The molecule has 2 saturated carbocycles. The van der Waals surface area contributed by atoms with Gasteiger partial charge in [0, 0.05) is 21.9 Å². The van der Waals surface area contributed by atoms with Gasteiger partial charge in [-0.05, 0) is 318 Å². The summed E-state index contributed by atoms with van der Waals surface area (Å²) in [6.07, 6.45) is 13.3. The minimum Gasteiger partial charge on any atom is -0.0683 e. The van der Waals surface area contributed by atoms with E-state index in [9.17, 15) is 0 Å². The molecule has 0 heterocycles. The largest absolute Gasteiger partial charge is 0.0683 e. The van der Waals surface area contributed by atoms with Crippen molar-refractivity contribution in [2.75, 3.05) is 0 Å². The van der Waals surface area contributed by atoms with Crippen LogP contribution in [0.25, 0.3) is 0 Å². The standard InChI is InChI=1S/C17H28.C16H24.C16H26.C15H22.2C13H20.C12H18.C5H12.2C2H6/c1-11(2)15-9-14(17(6,7)8)10-16(12(3)4)13(15)5;1-12-5-6-15(11-13(12)2)14-7-9-16(3,4)10-8-14;1-10(2)14-8-15(11(3)4)13(7)16(9-14)12(5)6;1-12-4-6-13(7-5-12)14-8-10-15(2,3)11-9-14;1-10-6-7-12(8-11(10)2)9-13(3,4)5;1-9(2)12-7-6-8-13(10(3)4)11(12)5;1-10-5-7-11(8-6-10)9-12(2,3)4;1-5(2,3)4;2*1-2/h9-12H,1-8H3;5-6,11,14H,7-10H2,1-4H3;8-12H,1-7H3;4-7,14H,8-11H2,1-3H3;6-8H,9H2,1-5H3;6-10H,1-5H3;5-8H,9H2,1-4H3;1-4H3;2*1-2H3/i11D,12D;;3D3,5D3,10D,11D,12D;;;1D3,9D,10D;;;;. The van der Waals surface area contributed by atoms with Crippen molar-refractivity contribution in [3.05, 3.63) is 244 Å². The Balaban J connectivity index is 0.00000145. The minimum absolute atomic E-state index is 0.0354. The van der Waals surface area contributed by atoms with Crippen molar-refractivity contribution in [3.63, 3.8) is 0 Å². The van der Waals surface area contributed by atoms with E-state index in [0.717, 1.165) is 52.5 Å². The number of hydrogen-bond donors (Lipinski definition) is 0. The number of benzene rings is 7. The summed E-state index contributed by atoms with van der Waals surface area (Å²) >= 11 is 0. The Labute approximate surface area is 716 Å². The average molecular weight is 1530 g/mol. The summed E-state index contributed by atoms with van der Waals surface area (Å²) in [5.74, 6) is -7.20. The highest BCUT2D eigenvalue weighted by atomic mass is 14.3. The van der Waals surface area contributed by atoms with Crippen LogP contribution in [0, 0.1) is 89.4 Å². The van der Waals surface area contributed by atoms with Crippen molar-refractivity contribution in [2.45, 2.75) is 427 Å². The van der Waals surface area contributed by atoms with Gasteiger partial charge >= 0.3 is 0 Å². The van der Waals surface area contributed by atoms with Gasteiger partial charge in [-0.15, -0.1) is 0 Å². The average Bonchev–Trinajstić information content (AvgIpc) is 0.741. The summed E-state index contributed by atoms with van der Waals surface area (Å²) < 4.78 is 127. The summed E-state index contributed by atoms with van der Waals surface area (Å²) in [5.41, 5.74) is 24.1. The molecule has 0 nitrogen and oxygen atoms in total. The molecule has 0 heteroatoms. The Kier molecular flexibility index (Phi) is 34.9. The maximum absolute atomic E-state index is 8.39. The molecular weight excluding hydrogens is 1330 g/mol. The molecule has 2 aliphatic carbocycles. The Morgan fingerprint density at radius 3 is 0.973 bits per heavy atom. The van der Waals surface area contributed by atoms with Crippen LogP contribution < -0.4 is 0 Å². The Morgan fingerprint density at radius 1 is 0.342 bits per heavy atom. The lowest BCUT2D eigenvalue weighted by Crippen LogP contribution is -2.20. The highest BCUT2D eigenvalue weighted by Gasteiger charge is 2.29. The van der Waals surface area contributed by atoms with Crippen LogP contribution in [0.5, 0.6) is 0 Å². The summed E-state index contributed by atoms with van der Waals surface area (Å²) in [4.78, 5) is 0. The molecule has 2 fully saturated rings. The molecule has 7 aromatic rings. The molecule has 111 heavy (non-hydrogen) atoms. The van der Waals surface area contributed by atoms with Crippen molar-refractivity contribution in [2.24, 2.45) is 27.1 Å². The smallest absolute Gasteiger partial charge is 0.0347 e. The zero-order chi connectivity index (χ0) is 100. The molecule has 3 unspecified atom stereocenters. The first-order chi connectivity index (χ1) is 56.8. The molecule has 3 atom stereocenters. The number of aryl methyl sites for hydroxylation is 6. The topological polar surface area (TPSA) is 0 Å². The third-order valence-corrected chi connectivity index (χ3v) is 20.8. The van der Waals surface area contributed by atoms with Gasteiger partial charge in [0.2, 0.25) is 0 Å². The molecule has 0 amide bonds. The van der Waals surface area contributed by atoms with E-state index in [1.165, 1.54) is 134 Å². The van der Waals surface area contributed by atoms with Crippen molar-refractivity contribution in [3.8, 4) is 0 Å². The van der Waals surface area contributed by atoms with Crippen LogP contribution in [0.3, 0.4) is 0 Å². The zero-order valence-corrected chi connectivity index (χ0v) is 79.9. The Bertz CT molecular complexity index is 4330. The van der Waals surface area contributed by atoms with Gasteiger partial charge in [-0.1, -0.05) is 381 Å². The highest BCUT2D eigenvalue weighted by Crippen LogP contribution is 2.44. The maximum Gasteiger partial charge on any atom is 0.0347 e. The van der Waals surface area contributed by atoms with Crippen molar-refractivity contribution in [1.29, 1.82) is 0 Å².